The zero-order valence-electron chi connectivity index (χ0n) is 16.2. The van der Waals surface area contributed by atoms with Crippen molar-refractivity contribution in [3.63, 3.8) is 0 Å². The van der Waals surface area contributed by atoms with Crippen molar-refractivity contribution in [3.8, 4) is 5.75 Å². The molecular weight excluding hydrogens is 376 g/mol. The summed E-state index contributed by atoms with van der Waals surface area (Å²) in [6, 6.07) is 11.0. The molecule has 2 aromatic rings. The second-order valence-electron chi connectivity index (χ2n) is 6.54. The second-order valence-corrected chi connectivity index (χ2v) is 6.54. The van der Waals surface area contributed by atoms with E-state index in [2.05, 4.69) is 10.1 Å². The molecule has 1 heterocycles. The molecule has 0 fully saturated rings. The number of Topliss-reactive ketones (excluding diaryl/α,β-unsaturated/α-hetero) is 1. The topological polar surface area (TPSA) is 102 Å². The third-order valence-electron chi connectivity index (χ3n) is 4.44. The number of benzene rings is 2. The number of esters is 1. The first-order valence-corrected chi connectivity index (χ1v) is 8.91. The first-order chi connectivity index (χ1) is 13.8. The Bertz CT molecular complexity index is 1000. The first-order valence-electron chi connectivity index (χ1n) is 8.91. The van der Waals surface area contributed by atoms with E-state index in [0.717, 1.165) is 0 Å². The maximum Gasteiger partial charge on any atom is 0.337 e. The van der Waals surface area contributed by atoms with Crippen LogP contribution in [-0.2, 0) is 14.3 Å². The normalized spacial score (nSPS) is 15.2. The molecule has 0 spiro atoms. The minimum atomic E-state index is -0.763. The number of nitrogens with zero attached hydrogens (tertiary/aromatic N) is 1. The number of anilines is 2. The average Bonchev–Trinajstić information content (AvgIpc) is 2.70. The first kappa shape index (κ1) is 20.1. The number of ether oxygens (including phenoxy) is 2. The molecular formula is C21H20N2O6. The van der Waals surface area contributed by atoms with Gasteiger partial charge in [0.2, 0.25) is 5.91 Å². The van der Waals surface area contributed by atoms with Crippen LogP contribution in [0.15, 0.2) is 42.5 Å². The fourth-order valence-corrected chi connectivity index (χ4v) is 2.97. The molecule has 2 amide bonds. The SMILES string of the molecule is COC(=O)c1cccc(NC(=O)CN2C(=O)C(C)Oc3ccc(C(C)=O)cc32)c1. The molecule has 0 saturated heterocycles. The number of rotatable bonds is 5. The zero-order valence-corrected chi connectivity index (χ0v) is 16.2. The summed E-state index contributed by atoms with van der Waals surface area (Å²) in [5, 5.41) is 2.66. The van der Waals surface area contributed by atoms with Crippen molar-refractivity contribution in [2.45, 2.75) is 20.0 Å². The Balaban J connectivity index is 1.83. The van der Waals surface area contributed by atoms with E-state index < -0.39 is 23.9 Å². The van der Waals surface area contributed by atoms with Gasteiger partial charge in [0.25, 0.3) is 5.91 Å². The molecule has 8 heteroatoms. The Morgan fingerprint density at radius 1 is 1.14 bits per heavy atom. The number of hydrogen-bond donors (Lipinski definition) is 1. The molecule has 0 aromatic heterocycles. The van der Waals surface area contributed by atoms with E-state index >= 15 is 0 Å². The summed E-state index contributed by atoms with van der Waals surface area (Å²) in [6.07, 6.45) is -0.763. The maximum atomic E-state index is 12.6. The molecule has 1 aliphatic heterocycles. The molecule has 0 aliphatic carbocycles. The Hall–Kier alpha value is -3.68. The van der Waals surface area contributed by atoms with Crippen molar-refractivity contribution >= 4 is 34.9 Å². The number of carbonyl (C=O) groups is 4. The summed E-state index contributed by atoms with van der Waals surface area (Å²) in [5.41, 5.74) is 1.45. The van der Waals surface area contributed by atoms with Crippen molar-refractivity contribution in [2.75, 3.05) is 23.9 Å². The molecule has 0 radical (unpaired) electrons. The lowest BCUT2D eigenvalue weighted by atomic mass is 10.1. The van der Waals surface area contributed by atoms with Crippen LogP contribution < -0.4 is 15.0 Å². The van der Waals surface area contributed by atoms with E-state index in [1.54, 1.807) is 37.3 Å². The number of methoxy groups -OCH3 is 1. The van der Waals surface area contributed by atoms with Crippen LogP contribution in [0.2, 0.25) is 0 Å². The van der Waals surface area contributed by atoms with Crippen LogP contribution in [0, 0.1) is 0 Å². The summed E-state index contributed by atoms with van der Waals surface area (Å²) in [7, 11) is 1.27. The number of fused-ring (bicyclic) bond motifs is 1. The van der Waals surface area contributed by atoms with Crippen molar-refractivity contribution in [1.29, 1.82) is 0 Å². The van der Waals surface area contributed by atoms with Crippen LogP contribution in [0.5, 0.6) is 5.75 Å². The largest absolute Gasteiger partial charge is 0.479 e. The van der Waals surface area contributed by atoms with Crippen molar-refractivity contribution in [3.05, 3.63) is 53.6 Å². The highest BCUT2D eigenvalue weighted by Gasteiger charge is 2.33. The van der Waals surface area contributed by atoms with Crippen LogP contribution in [0.4, 0.5) is 11.4 Å². The second kappa shape index (κ2) is 8.14. The van der Waals surface area contributed by atoms with E-state index in [9.17, 15) is 19.2 Å². The van der Waals surface area contributed by atoms with Gasteiger partial charge >= 0.3 is 5.97 Å². The van der Waals surface area contributed by atoms with E-state index in [1.165, 1.54) is 31.1 Å². The van der Waals surface area contributed by atoms with Gasteiger partial charge in [-0.05, 0) is 50.2 Å². The fraction of sp³-hybridized carbons (Fsp3) is 0.238. The predicted octanol–water partition coefficient (Wildman–Crippen LogP) is 2.43. The number of ketones is 1. The Morgan fingerprint density at radius 3 is 2.59 bits per heavy atom. The third kappa shape index (κ3) is 4.26. The smallest absolute Gasteiger partial charge is 0.337 e. The molecule has 1 unspecified atom stereocenters. The van der Waals surface area contributed by atoms with Gasteiger partial charge in [0.1, 0.15) is 12.3 Å². The lowest BCUT2D eigenvalue weighted by molar-refractivity contribution is -0.127. The van der Waals surface area contributed by atoms with E-state index in [1.807, 2.05) is 0 Å². The monoisotopic (exact) mass is 396 g/mol. The third-order valence-corrected chi connectivity index (χ3v) is 4.44. The van der Waals surface area contributed by atoms with E-state index in [0.29, 0.717) is 22.7 Å². The summed E-state index contributed by atoms with van der Waals surface area (Å²) in [4.78, 5) is 49.8. The number of carbonyl (C=O) groups excluding carboxylic acids is 4. The highest BCUT2D eigenvalue weighted by atomic mass is 16.5. The number of hydrogen-bond acceptors (Lipinski definition) is 6. The summed E-state index contributed by atoms with van der Waals surface area (Å²) in [6.45, 7) is 2.74. The summed E-state index contributed by atoms with van der Waals surface area (Å²) in [5.74, 6) is -1.13. The molecule has 2 aromatic carbocycles. The molecule has 1 atom stereocenters. The van der Waals surface area contributed by atoms with Crippen LogP contribution in [-0.4, -0.2) is 43.3 Å². The van der Waals surface area contributed by atoms with Gasteiger partial charge in [-0.15, -0.1) is 0 Å². The highest BCUT2D eigenvalue weighted by Crippen LogP contribution is 2.35. The molecule has 3 rings (SSSR count). The van der Waals surface area contributed by atoms with Gasteiger partial charge in [0.15, 0.2) is 11.9 Å². The minimum absolute atomic E-state index is 0.164. The van der Waals surface area contributed by atoms with Crippen LogP contribution >= 0.6 is 0 Å². The quantitative estimate of drug-likeness (QED) is 0.615. The standard InChI is InChI=1S/C21H20N2O6/c1-12(24)14-7-8-18-17(10-14)23(20(26)13(2)29-18)11-19(25)22-16-6-4-5-15(9-16)21(27)28-3/h4-10,13H,11H2,1-3H3,(H,22,25). The Kier molecular flexibility index (Phi) is 5.63. The number of amides is 2. The molecule has 8 nitrogen and oxygen atoms in total. The van der Waals surface area contributed by atoms with Crippen molar-refractivity contribution in [1.82, 2.24) is 0 Å². The number of nitrogens with one attached hydrogen (secondary N) is 1. The molecule has 1 N–H and O–H groups in total. The minimum Gasteiger partial charge on any atom is -0.479 e. The molecule has 1 aliphatic rings. The van der Waals surface area contributed by atoms with Gasteiger partial charge in [0, 0.05) is 11.3 Å². The van der Waals surface area contributed by atoms with Crippen LogP contribution in [0.3, 0.4) is 0 Å². The van der Waals surface area contributed by atoms with E-state index in [4.69, 9.17) is 4.74 Å². The lowest BCUT2D eigenvalue weighted by Crippen LogP contribution is -2.47. The van der Waals surface area contributed by atoms with Crippen LogP contribution in [0.25, 0.3) is 0 Å². The van der Waals surface area contributed by atoms with Crippen LogP contribution in [0.1, 0.15) is 34.6 Å². The maximum absolute atomic E-state index is 12.6. The van der Waals surface area contributed by atoms with Gasteiger partial charge in [0.05, 0.1) is 18.4 Å². The Labute approximate surface area is 167 Å². The van der Waals surface area contributed by atoms with Gasteiger partial charge in [-0.2, -0.15) is 0 Å². The predicted molar refractivity (Wildman–Crippen MR) is 105 cm³/mol. The molecule has 0 bridgehead atoms. The lowest BCUT2D eigenvalue weighted by Gasteiger charge is -2.32. The average molecular weight is 396 g/mol. The molecule has 150 valence electrons. The molecule has 0 saturated carbocycles. The van der Waals surface area contributed by atoms with Gasteiger partial charge in [-0.25, -0.2) is 4.79 Å². The van der Waals surface area contributed by atoms with E-state index in [-0.39, 0.29) is 17.9 Å². The summed E-state index contributed by atoms with van der Waals surface area (Å²) >= 11 is 0. The zero-order chi connectivity index (χ0) is 21.1. The van der Waals surface area contributed by atoms with Gasteiger partial charge in [-0.1, -0.05) is 6.07 Å². The van der Waals surface area contributed by atoms with Gasteiger partial charge in [-0.3, -0.25) is 19.3 Å². The fourth-order valence-electron chi connectivity index (χ4n) is 2.97. The van der Waals surface area contributed by atoms with Crippen molar-refractivity contribution < 1.29 is 28.7 Å². The summed E-state index contributed by atoms with van der Waals surface area (Å²) < 4.78 is 10.2. The molecule has 29 heavy (non-hydrogen) atoms. The van der Waals surface area contributed by atoms with Crippen molar-refractivity contribution in [2.24, 2.45) is 0 Å². The highest BCUT2D eigenvalue weighted by molar-refractivity contribution is 6.07. The Morgan fingerprint density at radius 2 is 1.90 bits per heavy atom. The van der Waals surface area contributed by atoms with Gasteiger partial charge < -0.3 is 14.8 Å².